The lowest BCUT2D eigenvalue weighted by atomic mass is 9.83. The van der Waals surface area contributed by atoms with E-state index in [9.17, 15) is 4.39 Å². The first kappa shape index (κ1) is 25.8. The summed E-state index contributed by atoms with van der Waals surface area (Å²) in [5.74, 6) is 0.603. The Bertz CT molecular complexity index is 1520. The third kappa shape index (κ3) is 4.65. The van der Waals surface area contributed by atoms with Crippen LogP contribution in [0, 0.1) is 12.7 Å². The molecule has 5 heterocycles. The molecule has 0 aliphatic carbocycles. The number of hydrogen-bond acceptors (Lipinski definition) is 9. The fourth-order valence-electron chi connectivity index (χ4n) is 5.50. The Morgan fingerprint density at radius 2 is 2.05 bits per heavy atom. The molecule has 2 aliphatic heterocycles. The number of halogens is 1. The number of nitrogens with zero attached hydrogens (tertiary/aromatic N) is 4. The van der Waals surface area contributed by atoms with Crippen molar-refractivity contribution in [2.75, 3.05) is 33.5 Å². The number of aliphatic imine (C=N–C) groups is 1. The Hall–Kier alpha value is -3.51. The number of methoxy groups -OCH3 is 1. The van der Waals surface area contributed by atoms with E-state index in [1.54, 1.807) is 20.1 Å². The van der Waals surface area contributed by atoms with E-state index >= 15 is 0 Å². The summed E-state index contributed by atoms with van der Waals surface area (Å²) < 4.78 is 31.3. The molecule has 3 atom stereocenters. The van der Waals surface area contributed by atoms with Crippen molar-refractivity contribution >= 4 is 16.6 Å². The number of hydrogen-bond donors (Lipinski definition) is 3. The van der Waals surface area contributed by atoms with Gasteiger partial charge in [-0.15, -0.1) is 10.2 Å². The predicted octanol–water partition coefficient (Wildman–Crippen LogP) is 2.80. The largest absolute Gasteiger partial charge is 0.423 e. The SMILES string of the molecule is CCOCC1(c2nnc(CCOC)o2)NC(C2N=C(c3ccc(F)c(C)n3)CN2)Cc2c1[nH]c1ccccc21. The van der Waals surface area contributed by atoms with E-state index in [1.807, 2.05) is 19.1 Å². The van der Waals surface area contributed by atoms with E-state index in [2.05, 4.69) is 42.9 Å². The van der Waals surface area contributed by atoms with E-state index in [4.69, 9.17) is 18.9 Å². The Kier molecular flexibility index (Phi) is 6.98. The van der Waals surface area contributed by atoms with Crippen molar-refractivity contribution in [1.82, 2.24) is 30.8 Å². The van der Waals surface area contributed by atoms with Crippen molar-refractivity contribution in [2.45, 2.75) is 44.4 Å². The van der Waals surface area contributed by atoms with Crippen molar-refractivity contribution in [3.8, 4) is 0 Å². The number of fused-ring (bicyclic) bond motifs is 3. The standard InChI is InChI=1S/C28H32FN7O3/c1-4-38-15-28(27-36-35-24(39-27)11-12-37-3)25-18(17-7-5-6-8-20(17)32-25)13-22(34-28)26-30-14-23(33-26)21-10-9-19(29)16(2)31-21/h5-10,22,26,30,32,34H,4,11-15H2,1-3H3. The van der Waals surface area contributed by atoms with Gasteiger partial charge in [-0.05, 0) is 44.0 Å². The summed E-state index contributed by atoms with van der Waals surface area (Å²) in [7, 11) is 1.64. The Labute approximate surface area is 225 Å². The zero-order chi connectivity index (χ0) is 27.0. The van der Waals surface area contributed by atoms with Crippen LogP contribution in [0.4, 0.5) is 4.39 Å². The second kappa shape index (κ2) is 10.6. The summed E-state index contributed by atoms with van der Waals surface area (Å²) >= 11 is 0. The van der Waals surface area contributed by atoms with E-state index in [-0.39, 0.29) is 24.6 Å². The molecule has 11 heteroatoms. The number of aromatic nitrogens is 4. The van der Waals surface area contributed by atoms with Crippen molar-refractivity contribution in [2.24, 2.45) is 4.99 Å². The molecule has 0 fully saturated rings. The second-order valence-corrected chi connectivity index (χ2v) is 9.93. The van der Waals surface area contributed by atoms with Crippen LogP contribution in [-0.4, -0.2) is 71.6 Å². The van der Waals surface area contributed by atoms with Crippen LogP contribution < -0.4 is 10.6 Å². The summed E-state index contributed by atoms with van der Waals surface area (Å²) in [5.41, 5.74) is 4.04. The molecular formula is C28H32FN7O3. The third-order valence-electron chi connectivity index (χ3n) is 7.44. The van der Waals surface area contributed by atoms with Crippen molar-refractivity contribution in [1.29, 1.82) is 0 Å². The summed E-state index contributed by atoms with van der Waals surface area (Å²) in [4.78, 5) is 13.0. The van der Waals surface area contributed by atoms with Crippen LogP contribution >= 0.6 is 0 Å². The predicted molar refractivity (Wildman–Crippen MR) is 143 cm³/mol. The van der Waals surface area contributed by atoms with Gasteiger partial charge in [0.05, 0.1) is 36.0 Å². The van der Waals surface area contributed by atoms with Gasteiger partial charge in [-0.1, -0.05) is 18.2 Å². The highest BCUT2D eigenvalue weighted by molar-refractivity contribution is 6.01. The third-order valence-corrected chi connectivity index (χ3v) is 7.44. The van der Waals surface area contributed by atoms with Crippen LogP contribution in [-0.2, 0) is 27.9 Å². The van der Waals surface area contributed by atoms with E-state index < -0.39 is 5.54 Å². The van der Waals surface area contributed by atoms with Crippen LogP contribution in [0.2, 0.25) is 0 Å². The smallest absolute Gasteiger partial charge is 0.244 e. The molecule has 0 saturated heterocycles. The number of para-hydroxylation sites is 1. The maximum atomic E-state index is 13.8. The topological polar surface area (TPSA) is 122 Å². The molecule has 3 unspecified atom stereocenters. The highest BCUT2D eigenvalue weighted by Gasteiger charge is 2.50. The van der Waals surface area contributed by atoms with E-state index in [0.29, 0.717) is 55.8 Å². The molecule has 0 saturated carbocycles. The minimum absolute atomic E-state index is 0.134. The number of H-pyrrole nitrogens is 1. The molecule has 10 nitrogen and oxygen atoms in total. The first-order chi connectivity index (χ1) is 19.0. The number of aromatic amines is 1. The molecule has 4 aromatic rings. The van der Waals surface area contributed by atoms with Gasteiger partial charge in [0, 0.05) is 43.6 Å². The van der Waals surface area contributed by atoms with Crippen LogP contribution in [0.15, 0.2) is 45.8 Å². The number of benzene rings is 1. The lowest BCUT2D eigenvalue weighted by molar-refractivity contribution is 0.0629. The van der Waals surface area contributed by atoms with Gasteiger partial charge in [0.15, 0.2) is 5.54 Å². The van der Waals surface area contributed by atoms with E-state index in [0.717, 1.165) is 27.9 Å². The van der Waals surface area contributed by atoms with Gasteiger partial charge in [0.25, 0.3) is 0 Å². The average molecular weight is 534 g/mol. The molecule has 6 rings (SSSR count). The summed E-state index contributed by atoms with van der Waals surface area (Å²) in [6.45, 7) is 5.44. The number of pyridine rings is 1. The summed E-state index contributed by atoms with van der Waals surface area (Å²) in [6, 6.07) is 11.2. The van der Waals surface area contributed by atoms with Crippen LogP contribution in [0.1, 0.15) is 41.4 Å². The summed E-state index contributed by atoms with van der Waals surface area (Å²) in [6.07, 6.45) is 0.965. The monoisotopic (exact) mass is 533 g/mol. The van der Waals surface area contributed by atoms with Gasteiger partial charge in [-0.3, -0.25) is 15.6 Å². The number of nitrogens with one attached hydrogen (secondary N) is 3. The lowest BCUT2D eigenvalue weighted by Gasteiger charge is -2.41. The maximum Gasteiger partial charge on any atom is 0.244 e. The molecule has 39 heavy (non-hydrogen) atoms. The van der Waals surface area contributed by atoms with Gasteiger partial charge >= 0.3 is 0 Å². The molecule has 2 aliphatic rings. The maximum absolute atomic E-state index is 13.8. The average Bonchev–Trinajstić information content (AvgIpc) is 3.71. The number of ether oxygens (including phenoxy) is 2. The van der Waals surface area contributed by atoms with Gasteiger partial charge in [0.2, 0.25) is 11.8 Å². The Balaban J connectivity index is 1.43. The van der Waals surface area contributed by atoms with Gasteiger partial charge in [-0.2, -0.15) is 0 Å². The number of rotatable bonds is 9. The molecule has 0 bridgehead atoms. The van der Waals surface area contributed by atoms with Crippen molar-refractivity contribution in [3.05, 3.63) is 76.6 Å². The zero-order valence-electron chi connectivity index (χ0n) is 22.3. The first-order valence-corrected chi connectivity index (χ1v) is 13.2. The van der Waals surface area contributed by atoms with Gasteiger partial charge < -0.3 is 18.9 Å². The van der Waals surface area contributed by atoms with Gasteiger partial charge in [-0.25, -0.2) is 9.37 Å². The van der Waals surface area contributed by atoms with Crippen LogP contribution in [0.25, 0.3) is 10.9 Å². The quantitative estimate of drug-likeness (QED) is 0.300. The van der Waals surface area contributed by atoms with E-state index in [1.165, 1.54) is 6.07 Å². The lowest BCUT2D eigenvalue weighted by Crippen LogP contribution is -2.61. The Morgan fingerprint density at radius 1 is 1.18 bits per heavy atom. The zero-order valence-corrected chi connectivity index (χ0v) is 22.3. The Morgan fingerprint density at radius 3 is 2.87 bits per heavy atom. The molecule has 1 aromatic carbocycles. The van der Waals surface area contributed by atoms with Crippen LogP contribution in [0.5, 0.6) is 0 Å². The minimum Gasteiger partial charge on any atom is -0.423 e. The molecule has 3 N–H and O–H groups in total. The first-order valence-electron chi connectivity index (χ1n) is 13.2. The normalized spacial score (nSPS) is 22.8. The second-order valence-electron chi connectivity index (χ2n) is 9.93. The number of aryl methyl sites for hydroxylation is 1. The molecule has 3 aromatic heterocycles. The highest BCUT2D eigenvalue weighted by atomic mass is 19.1. The van der Waals surface area contributed by atoms with Crippen molar-refractivity contribution < 1.29 is 18.3 Å². The van der Waals surface area contributed by atoms with Gasteiger partial charge in [0.1, 0.15) is 12.0 Å². The molecule has 204 valence electrons. The fraction of sp³-hybridized carbons (Fsp3) is 0.429. The molecule has 0 spiro atoms. The summed E-state index contributed by atoms with van der Waals surface area (Å²) in [5, 5.41) is 17.3. The molecular weight excluding hydrogens is 501 g/mol. The fourth-order valence-corrected chi connectivity index (χ4v) is 5.50. The van der Waals surface area contributed by atoms with Crippen LogP contribution in [0.3, 0.4) is 0 Å². The molecule has 0 amide bonds. The molecule has 0 radical (unpaired) electrons. The highest BCUT2D eigenvalue weighted by Crippen LogP contribution is 2.40. The van der Waals surface area contributed by atoms with Crippen molar-refractivity contribution in [3.63, 3.8) is 0 Å². The minimum atomic E-state index is -0.920.